The average molecular weight is 411 g/mol. The monoisotopic (exact) mass is 411 g/mol. The molecule has 0 saturated carbocycles. The first-order valence-electron chi connectivity index (χ1n) is 9.06. The molecule has 0 saturated heterocycles. The Kier molecular flexibility index (Phi) is 4.95. The van der Waals surface area contributed by atoms with Gasteiger partial charge in [0.05, 0.1) is 11.1 Å². The van der Waals surface area contributed by atoms with Crippen LogP contribution >= 0.6 is 0 Å². The summed E-state index contributed by atoms with van der Waals surface area (Å²) in [6, 6.07) is 20.6. The number of carboxylic acids is 1. The highest BCUT2D eigenvalue weighted by atomic mass is 19.4. The lowest BCUT2D eigenvalue weighted by molar-refractivity contribution is -0.137. The number of hydrogen-bond donors (Lipinski definition) is 1. The molecule has 0 fully saturated rings. The van der Waals surface area contributed by atoms with Crippen LogP contribution in [0.1, 0.15) is 21.6 Å². The number of halogens is 3. The Hall–Kier alpha value is -3.74. The fourth-order valence-electron chi connectivity index (χ4n) is 3.26. The lowest BCUT2D eigenvalue weighted by atomic mass is 10.2. The highest BCUT2D eigenvalue weighted by molar-refractivity contribution is 5.96. The van der Waals surface area contributed by atoms with Crippen LogP contribution in [0.4, 0.5) is 13.2 Å². The highest BCUT2D eigenvalue weighted by Crippen LogP contribution is 2.32. The number of fused-ring (bicyclic) bond motifs is 1. The number of aromatic carboxylic acids is 1. The van der Waals surface area contributed by atoms with Crippen LogP contribution in [0.2, 0.25) is 0 Å². The van der Waals surface area contributed by atoms with Crippen LogP contribution < -0.4 is 4.74 Å². The first kappa shape index (κ1) is 19.6. The van der Waals surface area contributed by atoms with E-state index in [9.17, 15) is 23.1 Å². The van der Waals surface area contributed by atoms with Crippen LogP contribution in [0.5, 0.6) is 5.75 Å². The lowest BCUT2D eigenvalue weighted by Gasteiger charge is -2.11. The van der Waals surface area contributed by atoms with E-state index >= 15 is 0 Å². The summed E-state index contributed by atoms with van der Waals surface area (Å²) in [5, 5.41) is 10.2. The van der Waals surface area contributed by atoms with Gasteiger partial charge in [0.15, 0.2) is 0 Å². The van der Waals surface area contributed by atoms with E-state index in [1.54, 1.807) is 18.2 Å². The fourth-order valence-corrected chi connectivity index (χ4v) is 3.26. The van der Waals surface area contributed by atoms with Crippen molar-refractivity contribution in [2.24, 2.45) is 0 Å². The van der Waals surface area contributed by atoms with Gasteiger partial charge in [0.2, 0.25) is 0 Å². The second-order valence-electron chi connectivity index (χ2n) is 6.71. The number of ether oxygens (including phenoxy) is 1. The minimum Gasteiger partial charge on any atom is -0.489 e. The molecular weight excluding hydrogens is 395 g/mol. The van der Waals surface area contributed by atoms with Crippen molar-refractivity contribution in [1.29, 1.82) is 0 Å². The number of nitrogens with zero attached hydrogens (tertiary/aromatic N) is 1. The van der Waals surface area contributed by atoms with Crippen molar-refractivity contribution in [2.75, 3.05) is 0 Å². The molecule has 0 aliphatic rings. The SMILES string of the molecule is O=C(O)c1cc2cc(OCc3ccccc3)ccc2n1-c1ccc(C(F)(F)F)cc1. The molecular formula is C23H16F3NO3. The van der Waals surface area contributed by atoms with Gasteiger partial charge < -0.3 is 14.4 Å². The summed E-state index contributed by atoms with van der Waals surface area (Å²) >= 11 is 0. The predicted molar refractivity (Wildman–Crippen MR) is 106 cm³/mol. The summed E-state index contributed by atoms with van der Waals surface area (Å²) in [6.45, 7) is 0.359. The molecule has 4 nitrogen and oxygen atoms in total. The van der Waals surface area contributed by atoms with Crippen molar-refractivity contribution in [3.05, 3.63) is 95.7 Å². The molecule has 1 heterocycles. The first-order valence-corrected chi connectivity index (χ1v) is 9.06. The van der Waals surface area contributed by atoms with Gasteiger partial charge in [-0.2, -0.15) is 13.2 Å². The van der Waals surface area contributed by atoms with Crippen molar-refractivity contribution in [1.82, 2.24) is 4.57 Å². The zero-order chi connectivity index (χ0) is 21.3. The smallest absolute Gasteiger partial charge is 0.416 e. The second-order valence-corrected chi connectivity index (χ2v) is 6.71. The molecule has 0 bridgehead atoms. The normalized spacial score (nSPS) is 11.6. The number of benzene rings is 3. The maximum atomic E-state index is 12.8. The Labute approximate surface area is 169 Å². The average Bonchev–Trinajstić information content (AvgIpc) is 3.11. The number of carbonyl (C=O) groups is 1. The topological polar surface area (TPSA) is 51.5 Å². The molecule has 30 heavy (non-hydrogen) atoms. The van der Waals surface area contributed by atoms with E-state index in [4.69, 9.17) is 4.74 Å². The maximum absolute atomic E-state index is 12.8. The highest BCUT2D eigenvalue weighted by Gasteiger charge is 2.30. The van der Waals surface area contributed by atoms with Gasteiger partial charge in [-0.1, -0.05) is 30.3 Å². The minimum absolute atomic E-state index is 0.0510. The molecule has 3 aromatic carbocycles. The standard InChI is InChI=1S/C23H16F3NO3/c24-23(25,26)17-6-8-18(9-7-17)27-20-11-10-19(12-16(20)13-21(27)22(28)29)30-14-15-4-2-1-3-5-15/h1-13H,14H2,(H,28,29). The summed E-state index contributed by atoms with van der Waals surface area (Å²) in [5.74, 6) is -0.620. The molecule has 1 N–H and O–H groups in total. The molecule has 1 aromatic heterocycles. The fraction of sp³-hybridized carbons (Fsp3) is 0.0870. The number of aromatic nitrogens is 1. The maximum Gasteiger partial charge on any atom is 0.416 e. The Bertz CT molecular complexity index is 1200. The molecule has 0 amide bonds. The van der Waals surface area contributed by atoms with Gasteiger partial charge in [0.1, 0.15) is 18.1 Å². The molecule has 0 aliphatic heterocycles. The molecule has 0 atom stereocenters. The van der Waals surface area contributed by atoms with Gasteiger partial charge in [0, 0.05) is 11.1 Å². The molecule has 152 valence electrons. The van der Waals surface area contributed by atoms with Crippen LogP contribution in [0, 0.1) is 0 Å². The van der Waals surface area contributed by atoms with Gasteiger partial charge in [-0.3, -0.25) is 0 Å². The van der Waals surface area contributed by atoms with Gasteiger partial charge in [-0.25, -0.2) is 4.79 Å². The van der Waals surface area contributed by atoms with Gasteiger partial charge in [-0.05, 0) is 54.1 Å². The van der Waals surface area contributed by atoms with Crippen LogP contribution in [0.3, 0.4) is 0 Å². The molecule has 0 spiro atoms. The van der Waals surface area contributed by atoms with Crippen molar-refractivity contribution < 1.29 is 27.8 Å². The molecule has 0 unspecified atom stereocenters. The van der Waals surface area contributed by atoms with Gasteiger partial charge in [0.25, 0.3) is 0 Å². The third-order valence-electron chi connectivity index (χ3n) is 4.69. The molecule has 0 radical (unpaired) electrons. The molecule has 7 heteroatoms. The first-order chi connectivity index (χ1) is 14.3. The van der Waals surface area contributed by atoms with Crippen molar-refractivity contribution in [3.8, 4) is 11.4 Å². The van der Waals surface area contributed by atoms with Crippen molar-refractivity contribution in [2.45, 2.75) is 12.8 Å². The Morgan fingerprint density at radius 3 is 2.27 bits per heavy atom. The molecule has 0 aliphatic carbocycles. The Morgan fingerprint density at radius 1 is 0.933 bits per heavy atom. The minimum atomic E-state index is -4.46. The quantitative estimate of drug-likeness (QED) is 0.443. The summed E-state index contributed by atoms with van der Waals surface area (Å²) in [6.07, 6.45) is -4.46. The zero-order valence-corrected chi connectivity index (χ0v) is 15.6. The summed E-state index contributed by atoms with van der Waals surface area (Å²) in [4.78, 5) is 11.8. The van der Waals surface area contributed by atoms with Crippen LogP contribution in [-0.2, 0) is 12.8 Å². The van der Waals surface area contributed by atoms with Gasteiger partial charge >= 0.3 is 12.1 Å². The number of rotatable bonds is 5. The van der Waals surface area contributed by atoms with E-state index in [1.165, 1.54) is 22.8 Å². The van der Waals surface area contributed by atoms with E-state index in [2.05, 4.69) is 0 Å². The van der Waals surface area contributed by atoms with Crippen molar-refractivity contribution >= 4 is 16.9 Å². The van der Waals surface area contributed by atoms with Crippen LogP contribution in [0.15, 0.2) is 78.9 Å². The molecule has 4 aromatic rings. The number of carboxylic acid groups (broad SMARTS) is 1. The Morgan fingerprint density at radius 2 is 1.63 bits per heavy atom. The van der Waals surface area contributed by atoms with E-state index in [0.29, 0.717) is 28.9 Å². The lowest BCUT2D eigenvalue weighted by Crippen LogP contribution is -2.08. The number of hydrogen-bond acceptors (Lipinski definition) is 2. The third-order valence-corrected chi connectivity index (χ3v) is 4.69. The Balaban J connectivity index is 1.70. The summed E-state index contributed by atoms with van der Waals surface area (Å²) < 4.78 is 45.7. The van der Waals surface area contributed by atoms with Gasteiger partial charge in [-0.15, -0.1) is 0 Å². The predicted octanol–water partition coefficient (Wildman–Crippen LogP) is 5.93. The van der Waals surface area contributed by atoms with Crippen LogP contribution in [-0.4, -0.2) is 15.6 Å². The summed E-state index contributed by atoms with van der Waals surface area (Å²) in [7, 11) is 0. The zero-order valence-electron chi connectivity index (χ0n) is 15.6. The third kappa shape index (κ3) is 3.87. The largest absolute Gasteiger partial charge is 0.489 e. The second kappa shape index (κ2) is 7.59. The van der Waals surface area contributed by atoms with E-state index in [0.717, 1.165) is 17.7 Å². The summed E-state index contributed by atoms with van der Waals surface area (Å²) in [5.41, 5.74) is 1.03. The van der Waals surface area contributed by atoms with E-state index in [1.807, 2.05) is 30.3 Å². The molecule has 4 rings (SSSR count). The number of alkyl halides is 3. The van der Waals surface area contributed by atoms with E-state index < -0.39 is 17.7 Å². The van der Waals surface area contributed by atoms with Crippen LogP contribution in [0.25, 0.3) is 16.6 Å². The van der Waals surface area contributed by atoms with E-state index in [-0.39, 0.29) is 5.69 Å². The van der Waals surface area contributed by atoms with Crippen molar-refractivity contribution in [3.63, 3.8) is 0 Å².